The minimum Gasteiger partial charge on any atom is -0.352 e. The highest BCUT2D eigenvalue weighted by Gasteiger charge is 2.16. The van der Waals surface area contributed by atoms with Crippen molar-refractivity contribution in [3.8, 4) is 0 Å². The lowest BCUT2D eigenvalue weighted by Gasteiger charge is -2.22. The van der Waals surface area contributed by atoms with Crippen LogP contribution in [-0.4, -0.2) is 29.4 Å². The Hall–Kier alpha value is -1.33. The van der Waals surface area contributed by atoms with E-state index in [2.05, 4.69) is 15.6 Å². The maximum absolute atomic E-state index is 11.9. The highest BCUT2D eigenvalue weighted by molar-refractivity contribution is 6.41. The van der Waals surface area contributed by atoms with Crippen molar-refractivity contribution in [2.75, 3.05) is 6.54 Å². The van der Waals surface area contributed by atoms with Crippen molar-refractivity contribution >= 4 is 35.0 Å². The van der Waals surface area contributed by atoms with Crippen molar-refractivity contribution in [2.45, 2.75) is 38.1 Å². The molecule has 0 aromatic carbocycles. The number of carbonyl (C=O) groups excluding carboxylic acids is 2. The van der Waals surface area contributed by atoms with Crippen molar-refractivity contribution in [3.05, 3.63) is 28.0 Å². The molecule has 0 saturated heterocycles. The molecule has 1 aliphatic carbocycles. The Morgan fingerprint density at radius 2 is 1.95 bits per heavy atom. The maximum atomic E-state index is 11.9. The summed E-state index contributed by atoms with van der Waals surface area (Å²) < 4.78 is 0. The fourth-order valence-corrected chi connectivity index (χ4v) is 2.60. The molecule has 0 atom stereocenters. The largest absolute Gasteiger partial charge is 0.352 e. The van der Waals surface area contributed by atoms with E-state index in [4.69, 9.17) is 23.2 Å². The Morgan fingerprint density at radius 1 is 1.24 bits per heavy atom. The minimum absolute atomic E-state index is 0.0599. The Kier molecular flexibility index (Phi) is 5.82. The molecular formula is C14H17Cl2N3O2. The zero-order valence-corrected chi connectivity index (χ0v) is 13.0. The SMILES string of the molecule is O=C(CNC(=O)c1cnc(Cl)c(Cl)c1)NC1CCCCC1. The van der Waals surface area contributed by atoms with Gasteiger partial charge in [0.1, 0.15) is 5.15 Å². The van der Waals surface area contributed by atoms with Crippen LogP contribution in [0, 0.1) is 0 Å². The minimum atomic E-state index is -0.403. The molecule has 2 rings (SSSR count). The summed E-state index contributed by atoms with van der Waals surface area (Å²) in [5.74, 6) is -0.580. The highest BCUT2D eigenvalue weighted by atomic mass is 35.5. The van der Waals surface area contributed by atoms with Crippen molar-refractivity contribution in [3.63, 3.8) is 0 Å². The van der Waals surface area contributed by atoms with Gasteiger partial charge in [0, 0.05) is 12.2 Å². The summed E-state index contributed by atoms with van der Waals surface area (Å²) in [5, 5.41) is 5.82. The first-order valence-corrected chi connectivity index (χ1v) is 7.70. The van der Waals surface area contributed by atoms with Crippen molar-refractivity contribution in [2.24, 2.45) is 0 Å². The second-order valence-corrected chi connectivity index (χ2v) is 5.85. The standard InChI is InChI=1S/C14H17Cl2N3O2/c15-11-6-9(7-17-13(11)16)14(21)18-8-12(20)19-10-4-2-1-3-5-10/h6-7,10H,1-5,8H2,(H,18,21)(H,19,20). The van der Waals surface area contributed by atoms with Crippen LogP contribution in [0.3, 0.4) is 0 Å². The number of rotatable bonds is 4. The molecule has 1 heterocycles. The van der Waals surface area contributed by atoms with Crippen LogP contribution in [-0.2, 0) is 4.79 Å². The summed E-state index contributed by atoms with van der Waals surface area (Å²) in [4.78, 5) is 27.4. The second kappa shape index (κ2) is 7.61. The quantitative estimate of drug-likeness (QED) is 0.834. The number of hydrogen-bond donors (Lipinski definition) is 2. The molecule has 1 aliphatic rings. The van der Waals surface area contributed by atoms with Crippen molar-refractivity contribution in [1.82, 2.24) is 15.6 Å². The number of nitrogens with one attached hydrogen (secondary N) is 2. The molecule has 1 fully saturated rings. The molecule has 2 N–H and O–H groups in total. The summed E-state index contributed by atoms with van der Waals surface area (Å²) in [6, 6.07) is 1.65. The van der Waals surface area contributed by atoms with Gasteiger partial charge in [-0.15, -0.1) is 0 Å². The van der Waals surface area contributed by atoms with Crippen LogP contribution < -0.4 is 10.6 Å². The molecule has 7 heteroatoms. The lowest BCUT2D eigenvalue weighted by Crippen LogP contribution is -2.42. The number of aromatic nitrogens is 1. The first-order valence-electron chi connectivity index (χ1n) is 6.95. The average Bonchev–Trinajstić information content (AvgIpc) is 2.48. The molecule has 1 aromatic rings. The number of amides is 2. The zero-order valence-electron chi connectivity index (χ0n) is 11.5. The topological polar surface area (TPSA) is 71.1 Å². The fourth-order valence-electron chi connectivity index (χ4n) is 2.33. The van der Waals surface area contributed by atoms with Gasteiger partial charge in [-0.2, -0.15) is 0 Å². The lowest BCUT2D eigenvalue weighted by atomic mass is 9.95. The Bertz CT molecular complexity index is 531. The van der Waals surface area contributed by atoms with Gasteiger partial charge in [-0.3, -0.25) is 9.59 Å². The molecule has 1 saturated carbocycles. The first kappa shape index (κ1) is 16.0. The van der Waals surface area contributed by atoms with E-state index in [0.717, 1.165) is 25.7 Å². The smallest absolute Gasteiger partial charge is 0.253 e. The van der Waals surface area contributed by atoms with Gasteiger partial charge in [0.2, 0.25) is 5.91 Å². The van der Waals surface area contributed by atoms with E-state index in [-0.39, 0.29) is 34.2 Å². The second-order valence-electron chi connectivity index (χ2n) is 5.08. The van der Waals surface area contributed by atoms with Crippen LogP contribution in [0.1, 0.15) is 42.5 Å². The Labute approximate surface area is 133 Å². The summed E-state index contributed by atoms with van der Waals surface area (Å²) in [7, 11) is 0. The normalized spacial score (nSPS) is 15.5. The Morgan fingerprint density at radius 3 is 2.62 bits per heavy atom. The number of halogens is 2. The van der Waals surface area contributed by atoms with Crippen molar-refractivity contribution < 1.29 is 9.59 Å². The molecule has 5 nitrogen and oxygen atoms in total. The third kappa shape index (κ3) is 4.86. The van der Waals surface area contributed by atoms with E-state index >= 15 is 0 Å². The van der Waals surface area contributed by atoms with Gasteiger partial charge in [0.05, 0.1) is 17.1 Å². The molecule has 0 spiro atoms. The third-order valence-electron chi connectivity index (χ3n) is 3.44. The average molecular weight is 330 g/mol. The van der Waals surface area contributed by atoms with Gasteiger partial charge in [-0.25, -0.2) is 4.98 Å². The molecule has 0 radical (unpaired) electrons. The lowest BCUT2D eigenvalue weighted by molar-refractivity contribution is -0.121. The number of hydrogen-bond acceptors (Lipinski definition) is 3. The predicted molar refractivity (Wildman–Crippen MR) is 81.6 cm³/mol. The third-order valence-corrected chi connectivity index (χ3v) is 4.12. The van der Waals surface area contributed by atoms with Gasteiger partial charge in [-0.1, -0.05) is 42.5 Å². The number of nitrogens with zero attached hydrogens (tertiary/aromatic N) is 1. The van der Waals surface area contributed by atoms with Crippen LogP contribution in [0.2, 0.25) is 10.2 Å². The molecule has 21 heavy (non-hydrogen) atoms. The molecule has 2 amide bonds. The Balaban J connectivity index is 1.80. The van der Waals surface area contributed by atoms with E-state index in [9.17, 15) is 9.59 Å². The van der Waals surface area contributed by atoms with E-state index < -0.39 is 5.91 Å². The van der Waals surface area contributed by atoms with Crippen LogP contribution in [0.25, 0.3) is 0 Å². The van der Waals surface area contributed by atoms with Crippen LogP contribution in [0.15, 0.2) is 12.3 Å². The fraction of sp³-hybridized carbons (Fsp3) is 0.500. The van der Waals surface area contributed by atoms with Crippen LogP contribution in [0.4, 0.5) is 0 Å². The summed E-state index contributed by atoms with van der Waals surface area (Å²) >= 11 is 11.5. The monoisotopic (exact) mass is 329 g/mol. The molecule has 0 bridgehead atoms. The van der Waals surface area contributed by atoms with Gasteiger partial charge in [0.25, 0.3) is 5.91 Å². The molecule has 1 aromatic heterocycles. The highest BCUT2D eigenvalue weighted by Crippen LogP contribution is 2.19. The van der Waals surface area contributed by atoms with E-state index in [1.807, 2.05) is 0 Å². The summed E-state index contributed by atoms with van der Waals surface area (Å²) in [6.07, 6.45) is 6.86. The molecule has 114 valence electrons. The molecule has 0 unspecified atom stereocenters. The van der Waals surface area contributed by atoms with Gasteiger partial charge in [-0.05, 0) is 18.9 Å². The maximum Gasteiger partial charge on any atom is 0.253 e. The van der Waals surface area contributed by atoms with Gasteiger partial charge >= 0.3 is 0 Å². The first-order chi connectivity index (χ1) is 10.1. The summed E-state index contributed by atoms with van der Waals surface area (Å²) in [6.45, 7) is -0.0599. The predicted octanol–water partition coefficient (Wildman–Crippen LogP) is 2.57. The van der Waals surface area contributed by atoms with Crippen molar-refractivity contribution in [1.29, 1.82) is 0 Å². The number of pyridine rings is 1. The zero-order chi connectivity index (χ0) is 15.2. The summed E-state index contributed by atoms with van der Waals surface area (Å²) in [5.41, 5.74) is 0.273. The van der Waals surface area contributed by atoms with Crippen LogP contribution >= 0.6 is 23.2 Å². The molecular weight excluding hydrogens is 313 g/mol. The van der Waals surface area contributed by atoms with Gasteiger partial charge in [0.15, 0.2) is 0 Å². The van der Waals surface area contributed by atoms with E-state index in [1.54, 1.807) is 0 Å². The van der Waals surface area contributed by atoms with Gasteiger partial charge < -0.3 is 10.6 Å². The number of carbonyl (C=O) groups is 2. The van der Waals surface area contributed by atoms with Crippen LogP contribution in [0.5, 0.6) is 0 Å². The van der Waals surface area contributed by atoms with E-state index in [0.29, 0.717) is 0 Å². The molecule has 0 aliphatic heterocycles. The van der Waals surface area contributed by atoms with E-state index in [1.165, 1.54) is 18.7 Å².